The Kier molecular flexibility index (Phi) is 5.26. The van der Waals surface area contributed by atoms with Gasteiger partial charge in [-0.1, -0.05) is 35.9 Å². The second-order valence-electron chi connectivity index (χ2n) is 5.70. The van der Waals surface area contributed by atoms with E-state index in [1.54, 1.807) is 48.5 Å². The van der Waals surface area contributed by atoms with E-state index in [1.165, 1.54) is 0 Å². The first kappa shape index (κ1) is 18.4. The molecule has 2 aromatic rings. The van der Waals surface area contributed by atoms with E-state index in [2.05, 4.69) is 0 Å². The zero-order chi connectivity index (χ0) is 18.7. The summed E-state index contributed by atoms with van der Waals surface area (Å²) in [4.78, 5) is 23.3. The maximum Gasteiger partial charge on any atom is 0.338 e. The molecule has 9 heteroatoms. The molecule has 0 saturated carbocycles. The normalized spacial score (nSPS) is 16.3. The van der Waals surface area contributed by atoms with Crippen molar-refractivity contribution in [1.82, 2.24) is 9.03 Å². The first-order chi connectivity index (χ1) is 12.3. The smallest absolute Gasteiger partial charge is 0.338 e. The molecule has 1 aliphatic rings. The summed E-state index contributed by atoms with van der Waals surface area (Å²) in [7, 11) is -3.77. The van der Waals surface area contributed by atoms with Gasteiger partial charge in [0.25, 0.3) is 0 Å². The summed E-state index contributed by atoms with van der Waals surface area (Å²) in [6, 6.07) is 13.4. The van der Waals surface area contributed by atoms with E-state index in [0.717, 1.165) is 9.87 Å². The molecule has 0 aromatic heterocycles. The van der Waals surface area contributed by atoms with Gasteiger partial charge >= 0.3 is 16.2 Å². The lowest BCUT2D eigenvalue weighted by Gasteiger charge is -2.12. The summed E-state index contributed by atoms with van der Waals surface area (Å²) in [5, 5.41) is 0.563. The van der Waals surface area contributed by atoms with Crippen LogP contribution >= 0.6 is 11.6 Å². The van der Waals surface area contributed by atoms with Crippen molar-refractivity contribution in [2.45, 2.75) is 13.2 Å². The molecular weight excluding hydrogens is 380 g/mol. The third-order valence-electron chi connectivity index (χ3n) is 3.71. The number of nitrogens with one attached hydrogen (secondary N) is 1. The summed E-state index contributed by atoms with van der Waals surface area (Å²) in [5.41, 5.74) is 1.77. The number of ether oxygens (including phenoxy) is 1. The van der Waals surface area contributed by atoms with Crippen LogP contribution in [0.3, 0.4) is 0 Å². The Morgan fingerprint density at radius 1 is 1.15 bits per heavy atom. The molecule has 0 spiro atoms. The number of hydrogen-bond acceptors (Lipinski definition) is 5. The van der Waals surface area contributed by atoms with Crippen LogP contribution in [0.5, 0.6) is 0 Å². The number of carbonyl (C=O) groups excluding carboxylic acids is 2. The summed E-state index contributed by atoms with van der Waals surface area (Å²) >= 11 is 5.88. The fraction of sp³-hybridized carbons (Fsp3) is 0.176. The van der Waals surface area contributed by atoms with Crippen molar-refractivity contribution in [2.24, 2.45) is 0 Å². The lowest BCUT2D eigenvalue weighted by Crippen LogP contribution is -2.29. The molecule has 2 aromatic carbocycles. The van der Waals surface area contributed by atoms with E-state index in [4.69, 9.17) is 16.3 Å². The Balaban J connectivity index is 1.60. The van der Waals surface area contributed by atoms with E-state index in [9.17, 15) is 18.0 Å². The number of halogens is 1. The lowest BCUT2D eigenvalue weighted by molar-refractivity contribution is -0.118. The quantitative estimate of drug-likeness (QED) is 0.781. The first-order valence-corrected chi connectivity index (χ1v) is 9.46. The van der Waals surface area contributed by atoms with E-state index in [1.807, 2.05) is 4.72 Å². The Hall–Kier alpha value is -2.42. The van der Waals surface area contributed by atoms with Crippen LogP contribution in [-0.2, 0) is 32.9 Å². The minimum Gasteiger partial charge on any atom is -0.457 e. The number of rotatable bonds is 5. The molecule has 1 saturated heterocycles. The van der Waals surface area contributed by atoms with E-state index in [-0.39, 0.29) is 19.7 Å². The molecule has 1 amide bonds. The Bertz CT molecular complexity index is 944. The van der Waals surface area contributed by atoms with Crippen LogP contribution in [0.1, 0.15) is 21.5 Å². The molecule has 0 atom stereocenters. The Labute approximate surface area is 155 Å². The van der Waals surface area contributed by atoms with Crippen LogP contribution in [0.2, 0.25) is 5.02 Å². The minimum absolute atomic E-state index is 0.0406. The molecule has 7 nitrogen and oxygen atoms in total. The Morgan fingerprint density at radius 3 is 2.50 bits per heavy atom. The van der Waals surface area contributed by atoms with Gasteiger partial charge in [0.1, 0.15) is 6.61 Å². The highest BCUT2D eigenvalue weighted by molar-refractivity contribution is 7.88. The van der Waals surface area contributed by atoms with Gasteiger partial charge in [-0.25, -0.2) is 9.52 Å². The molecule has 3 rings (SSSR count). The van der Waals surface area contributed by atoms with Gasteiger partial charge in [-0.15, -0.1) is 0 Å². The van der Waals surface area contributed by atoms with Crippen molar-refractivity contribution < 1.29 is 22.7 Å². The van der Waals surface area contributed by atoms with Gasteiger partial charge in [-0.3, -0.25) is 4.79 Å². The van der Waals surface area contributed by atoms with Crippen LogP contribution in [0.4, 0.5) is 0 Å². The highest BCUT2D eigenvalue weighted by Crippen LogP contribution is 2.15. The summed E-state index contributed by atoms with van der Waals surface area (Å²) in [5.74, 6) is -1.06. The number of esters is 1. The molecule has 1 heterocycles. The van der Waals surface area contributed by atoms with Crippen LogP contribution in [0.15, 0.2) is 48.5 Å². The average molecular weight is 395 g/mol. The highest BCUT2D eigenvalue weighted by Gasteiger charge is 2.33. The molecule has 0 bridgehead atoms. The lowest BCUT2D eigenvalue weighted by atomic mass is 10.1. The third-order valence-corrected chi connectivity index (χ3v) is 5.37. The topological polar surface area (TPSA) is 92.8 Å². The van der Waals surface area contributed by atoms with Crippen LogP contribution in [0, 0.1) is 0 Å². The molecule has 1 fully saturated rings. The van der Waals surface area contributed by atoms with Crippen molar-refractivity contribution in [3.05, 3.63) is 70.2 Å². The largest absolute Gasteiger partial charge is 0.457 e. The van der Waals surface area contributed by atoms with Crippen LogP contribution in [-0.4, -0.2) is 31.1 Å². The standard InChI is InChI=1S/C17H15ClN2O5S/c18-15-3-1-2-13(8-15)11-25-17(22)14-6-4-12(5-7-14)9-20-10-16(21)19-26(20,23)24/h1-8H,9-11H2,(H,19,21). The van der Waals surface area contributed by atoms with Crippen molar-refractivity contribution in [2.75, 3.05) is 6.54 Å². The van der Waals surface area contributed by atoms with Gasteiger partial charge in [0.05, 0.1) is 12.1 Å². The predicted octanol–water partition coefficient (Wildman–Crippen LogP) is 1.87. The summed E-state index contributed by atoms with van der Waals surface area (Å²) < 4.78 is 31.6. The first-order valence-electron chi connectivity index (χ1n) is 7.65. The fourth-order valence-corrected chi connectivity index (χ4v) is 3.74. The SMILES string of the molecule is O=C1CN(Cc2ccc(C(=O)OCc3cccc(Cl)c3)cc2)S(=O)(=O)N1. The van der Waals surface area contributed by atoms with Crippen molar-refractivity contribution in [3.8, 4) is 0 Å². The van der Waals surface area contributed by atoms with Crippen molar-refractivity contribution in [3.63, 3.8) is 0 Å². The van der Waals surface area contributed by atoms with Gasteiger partial charge in [0.2, 0.25) is 5.91 Å². The zero-order valence-electron chi connectivity index (χ0n) is 13.5. The van der Waals surface area contributed by atoms with Crippen molar-refractivity contribution >= 4 is 33.7 Å². The molecule has 26 heavy (non-hydrogen) atoms. The summed E-state index contributed by atoms with van der Waals surface area (Å²) in [6.45, 7) is -0.0778. The fourth-order valence-electron chi connectivity index (χ4n) is 2.44. The second kappa shape index (κ2) is 7.45. The number of nitrogens with zero attached hydrogens (tertiary/aromatic N) is 1. The zero-order valence-corrected chi connectivity index (χ0v) is 15.1. The van der Waals surface area contributed by atoms with Gasteiger partial charge < -0.3 is 4.74 Å². The molecule has 1 aliphatic heterocycles. The molecule has 136 valence electrons. The maximum atomic E-state index is 12.1. The maximum absolute atomic E-state index is 12.1. The molecule has 0 unspecified atom stereocenters. The second-order valence-corrected chi connectivity index (χ2v) is 7.81. The summed E-state index contributed by atoms with van der Waals surface area (Å²) in [6.07, 6.45) is 0. The number of amides is 1. The third kappa shape index (κ3) is 4.40. The van der Waals surface area contributed by atoms with Gasteiger partial charge in [-0.2, -0.15) is 12.7 Å². The van der Waals surface area contributed by atoms with Crippen molar-refractivity contribution in [1.29, 1.82) is 0 Å². The molecule has 0 aliphatic carbocycles. The number of benzene rings is 2. The average Bonchev–Trinajstić information content (AvgIpc) is 2.85. The number of carbonyl (C=O) groups is 2. The molecular formula is C17H15ClN2O5S. The van der Waals surface area contributed by atoms with Gasteiger partial charge in [-0.05, 0) is 35.4 Å². The minimum atomic E-state index is -3.77. The monoisotopic (exact) mass is 394 g/mol. The van der Waals surface area contributed by atoms with Gasteiger partial charge in [0.15, 0.2) is 0 Å². The molecule has 0 radical (unpaired) electrons. The Morgan fingerprint density at radius 2 is 1.88 bits per heavy atom. The van der Waals surface area contributed by atoms with E-state index in [0.29, 0.717) is 16.1 Å². The molecule has 1 N–H and O–H groups in total. The van der Waals surface area contributed by atoms with Crippen LogP contribution < -0.4 is 4.72 Å². The predicted molar refractivity (Wildman–Crippen MR) is 94.5 cm³/mol. The van der Waals surface area contributed by atoms with E-state index >= 15 is 0 Å². The van der Waals surface area contributed by atoms with Gasteiger partial charge in [0, 0.05) is 11.6 Å². The number of hydrogen-bond donors (Lipinski definition) is 1. The van der Waals surface area contributed by atoms with Crippen LogP contribution in [0.25, 0.3) is 0 Å². The highest BCUT2D eigenvalue weighted by atomic mass is 35.5. The van der Waals surface area contributed by atoms with E-state index < -0.39 is 22.1 Å².